The Labute approximate surface area is 174 Å². The molecule has 0 saturated carbocycles. The van der Waals surface area contributed by atoms with Gasteiger partial charge in [-0.05, 0) is 47.5 Å². The molecule has 0 heterocycles. The highest BCUT2D eigenvalue weighted by molar-refractivity contribution is 6.11. The number of aromatic hydroxyl groups is 2. The van der Waals surface area contributed by atoms with E-state index in [2.05, 4.69) is 0 Å². The van der Waals surface area contributed by atoms with E-state index in [1.54, 1.807) is 0 Å². The third-order valence-corrected chi connectivity index (χ3v) is 5.33. The molecule has 4 nitrogen and oxygen atoms in total. The van der Waals surface area contributed by atoms with E-state index in [1.165, 1.54) is 13.8 Å². The van der Waals surface area contributed by atoms with E-state index in [0.717, 1.165) is 21.5 Å². The van der Waals surface area contributed by atoms with Gasteiger partial charge in [0.1, 0.15) is 23.1 Å². The lowest BCUT2D eigenvalue weighted by Gasteiger charge is -2.18. The van der Waals surface area contributed by atoms with Gasteiger partial charge < -0.3 is 10.2 Å². The molecule has 0 aliphatic rings. The normalized spacial score (nSPS) is 11.1. The molecule has 2 N–H and O–H groups in total. The minimum Gasteiger partial charge on any atom is -0.507 e. The molecule has 0 aliphatic heterocycles. The van der Waals surface area contributed by atoms with Crippen molar-refractivity contribution in [3.8, 4) is 22.6 Å². The van der Waals surface area contributed by atoms with Crippen LogP contribution in [0, 0.1) is 0 Å². The molecule has 4 rings (SSSR count). The Kier molecular flexibility index (Phi) is 5.00. The average Bonchev–Trinajstić information content (AvgIpc) is 2.70. The molecule has 0 unspecified atom stereocenters. The molecule has 0 bridgehead atoms. The highest BCUT2D eigenvalue weighted by Crippen LogP contribution is 2.47. The third-order valence-electron chi connectivity index (χ3n) is 5.33. The highest BCUT2D eigenvalue weighted by atomic mass is 16.3. The Morgan fingerprint density at radius 1 is 0.667 bits per heavy atom. The zero-order valence-corrected chi connectivity index (χ0v) is 16.9. The first kappa shape index (κ1) is 19.6. The molecule has 0 fully saturated rings. The summed E-state index contributed by atoms with van der Waals surface area (Å²) in [5.74, 6) is -0.175. The summed E-state index contributed by atoms with van der Waals surface area (Å²) < 4.78 is 0. The standard InChI is InChI=1S/C26H22O4/c1-15(27)11-19-13-17-7-3-5-9-21(17)23(25(19)29)24-22-10-6-4-8-18(22)14-20(26(24)30)12-16(2)28/h3-10,13-14,29-30H,11-12H2,1-2H3. The Balaban J connectivity index is 2.17. The van der Waals surface area contributed by atoms with Crippen LogP contribution in [0.4, 0.5) is 0 Å². The second-order valence-electron chi connectivity index (χ2n) is 7.72. The van der Waals surface area contributed by atoms with Crippen LogP contribution in [0.5, 0.6) is 11.5 Å². The van der Waals surface area contributed by atoms with E-state index >= 15 is 0 Å². The molecule has 0 atom stereocenters. The number of fused-ring (bicyclic) bond motifs is 2. The first-order valence-electron chi connectivity index (χ1n) is 9.83. The lowest BCUT2D eigenvalue weighted by molar-refractivity contribution is -0.117. The summed E-state index contributed by atoms with van der Waals surface area (Å²) in [6.07, 6.45) is 0.186. The number of hydrogen-bond acceptors (Lipinski definition) is 4. The van der Waals surface area contributed by atoms with Crippen LogP contribution in [0.3, 0.4) is 0 Å². The first-order valence-corrected chi connectivity index (χ1v) is 9.83. The zero-order chi connectivity index (χ0) is 21.4. The van der Waals surface area contributed by atoms with Crippen LogP contribution in [0.1, 0.15) is 25.0 Å². The van der Waals surface area contributed by atoms with Crippen molar-refractivity contribution < 1.29 is 19.8 Å². The summed E-state index contributed by atoms with van der Waals surface area (Å²) in [4.78, 5) is 23.6. The van der Waals surface area contributed by atoms with E-state index in [0.29, 0.717) is 22.3 Å². The van der Waals surface area contributed by atoms with Gasteiger partial charge in [-0.1, -0.05) is 48.5 Å². The predicted molar refractivity (Wildman–Crippen MR) is 119 cm³/mol. The number of phenolic OH excluding ortho intramolecular Hbond substituents is 2. The lowest BCUT2D eigenvalue weighted by atomic mass is 9.87. The summed E-state index contributed by atoms with van der Waals surface area (Å²) in [7, 11) is 0. The Hall–Kier alpha value is -3.66. The number of carbonyl (C=O) groups excluding carboxylic acids is 2. The number of hydrogen-bond donors (Lipinski definition) is 2. The maximum absolute atomic E-state index is 11.8. The van der Waals surface area contributed by atoms with Crippen LogP contribution in [0.15, 0.2) is 60.7 Å². The van der Waals surface area contributed by atoms with Crippen molar-refractivity contribution in [2.24, 2.45) is 0 Å². The summed E-state index contributed by atoms with van der Waals surface area (Å²) in [6.45, 7) is 2.96. The predicted octanol–water partition coefficient (Wildman–Crippen LogP) is 5.33. The summed E-state index contributed by atoms with van der Waals surface area (Å²) in [6, 6.07) is 18.8. The monoisotopic (exact) mass is 398 g/mol. The number of benzene rings is 4. The Morgan fingerprint density at radius 2 is 1.03 bits per heavy atom. The van der Waals surface area contributed by atoms with Gasteiger partial charge in [-0.15, -0.1) is 0 Å². The highest BCUT2D eigenvalue weighted by Gasteiger charge is 2.22. The summed E-state index contributed by atoms with van der Waals surface area (Å²) in [5.41, 5.74) is 1.97. The van der Waals surface area contributed by atoms with Gasteiger partial charge in [-0.3, -0.25) is 9.59 Å². The van der Waals surface area contributed by atoms with Gasteiger partial charge in [0.25, 0.3) is 0 Å². The molecule has 30 heavy (non-hydrogen) atoms. The van der Waals surface area contributed by atoms with Crippen molar-refractivity contribution in [2.45, 2.75) is 26.7 Å². The number of rotatable bonds is 5. The molecule has 150 valence electrons. The van der Waals surface area contributed by atoms with Crippen LogP contribution in [-0.4, -0.2) is 21.8 Å². The molecule has 0 amide bonds. The molecule has 0 spiro atoms. The second kappa shape index (κ2) is 7.64. The third kappa shape index (κ3) is 3.41. The molecule has 0 saturated heterocycles. The molecule has 4 aromatic carbocycles. The number of phenols is 2. The fourth-order valence-corrected chi connectivity index (χ4v) is 4.10. The van der Waals surface area contributed by atoms with E-state index in [4.69, 9.17) is 0 Å². The topological polar surface area (TPSA) is 74.6 Å². The van der Waals surface area contributed by atoms with Crippen molar-refractivity contribution >= 4 is 33.1 Å². The Morgan fingerprint density at radius 3 is 1.40 bits per heavy atom. The quantitative estimate of drug-likeness (QED) is 0.476. The molecule has 0 radical (unpaired) electrons. The van der Waals surface area contributed by atoms with Gasteiger partial charge in [0, 0.05) is 35.1 Å². The van der Waals surface area contributed by atoms with Crippen molar-refractivity contribution in [3.05, 3.63) is 71.8 Å². The minimum atomic E-state index is -0.0639. The van der Waals surface area contributed by atoms with Crippen molar-refractivity contribution in [1.29, 1.82) is 0 Å². The molecular formula is C26H22O4. The average molecular weight is 398 g/mol. The lowest BCUT2D eigenvalue weighted by Crippen LogP contribution is -2.01. The van der Waals surface area contributed by atoms with E-state index in [9.17, 15) is 19.8 Å². The maximum Gasteiger partial charge on any atom is 0.134 e. The SMILES string of the molecule is CC(=O)Cc1cc2ccccc2c(-c2c(O)c(CC(C)=O)cc3ccccc23)c1O. The van der Waals surface area contributed by atoms with Crippen molar-refractivity contribution in [1.82, 2.24) is 0 Å². The summed E-state index contributed by atoms with van der Waals surface area (Å²) in [5, 5.41) is 25.7. The van der Waals surface area contributed by atoms with Crippen molar-refractivity contribution in [2.75, 3.05) is 0 Å². The van der Waals surface area contributed by atoms with E-state index < -0.39 is 0 Å². The number of ketones is 2. The van der Waals surface area contributed by atoms with Gasteiger partial charge in [-0.25, -0.2) is 0 Å². The largest absolute Gasteiger partial charge is 0.507 e. The number of carbonyl (C=O) groups is 2. The zero-order valence-electron chi connectivity index (χ0n) is 16.9. The smallest absolute Gasteiger partial charge is 0.134 e. The first-order chi connectivity index (χ1) is 14.4. The Bertz CT molecular complexity index is 1210. The van der Waals surface area contributed by atoms with Gasteiger partial charge in [0.05, 0.1) is 0 Å². The van der Waals surface area contributed by atoms with Crippen LogP contribution in [0.25, 0.3) is 32.7 Å². The molecule has 0 aliphatic carbocycles. The van der Waals surface area contributed by atoms with Crippen LogP contribution >= 0.6 is 0 Å². The molecule has 4 heteroatoms. The van der Waals surface area contributed by atoms with Crippen LogP contribution in [0.2, 0.25) is 0 Å². The maximum atomic E-state index is 11.8. The van der Waals surface area contributed by atoms with E-state index in [-0.39, 0.29) is 35.9 Å². The van der Waals surface area contributed by atoms with Gasteiger partial charge in [-0.2, -0.15) is 0 Å². The van der Waals surface area contributed by atoms with Crippen LogP contribution in [-0.2, 0) is 22.4 Å². The van der Waals surface area contributed by atoms with Gasteiger partial charge in [0.15, 0.2) is 0 Å². The molecule has 4 aromatic rings. The van der Waals surface area contributed by atoms with Gasteiger partial charge >= 0.3 is 0 Å². The van der Waals surface area contributed by atoms with Crippen molar-refractivity contribution in [3.63, 3.8) is 0 Å². The number of Topliss-reactive ketones (excluding diaryl/α,β-unsaturated/α-hetero) is 2. The van der Waals surface area contributed by atoms with E-state index in [1.807, 2.05) is 60.7 Å². The fourth-order valence-electron chi connectivity index (χ4n) is 4.10. The molecular weight excluding hydrogens is 376 g/mol. The van der Waals surface area contributed by atoms with Crippen LogP contribution < -0.4 is 0 Å². The minimum absolute atomic E-state index is 0.0238. The molecule has 0 aromatic heterocycles. The second-order valence-corrected chi connectivity index (χ2v) is 7.72. The van der Waals surface area contributed by atoms with Gasteiger partial charge in [0.2, 0.25) is 0 Å². The summed E-state index contributed by atoms with van der Waals surface area (Å²) >= 11 is 0. The fraction of sp³-hybridized carbons (Fsp3) is 0.154.